The first-order valence-electron chi connectivity index (χ1n) is 3.41. The van der Waals surface area contributed by atoms with Crippen LogP contribution in [0.5, 0.6) is 0 Å². The number of ether oxygens (including phenoxy) is 1. The largest absolute Gasteiger partial charge is 0.481 e. The normalized spacial score (nSPS) is 19.0. The molecule has 0 aliphatic heterocycles. The molecule has 0 saturated heterocycles. The van der Waals surface area contributed by atoms with Crippen molar-refractivity contribution < 1.29 is 19.4 Å². The van der Waals surface area contributed by atoms with Gasteiger partial charge in [0, 0.05) is 0 Å². The monoisotopic (exact) mass is 158 g/mol. The molecule has 0 unspecified atom stereocenters. The highest BCUT2D eigenvalue weighted by Crippen LogP contribution is 2.49. The first-order valence-corrected chi connectivity index (χ1v) is 3.41. The first-order chi connectivity index (χ1) is 5.10. The molecule has 1 rings (SSSR count). The van der Waals surface area contributed by atoms with Crippen LogP contribution in [0.15, 0.2) is 0 Å². The van der Waals surface area contributed by atoms with Gasteiger partial charge < -0.3 is 9.84 Å². The van der Waals surface area contributed by atoms with Gasteiger partial charge in [0.15, 0.2) is 0 Å². The lowest BCUT2D eigenvalue weighted by atomic mass is 10.0. The number of methoxy groups -OCH3 is 1. The minimum absolute atomic E-state index is 0.0975. The summed E-state index contributed by atoms with van der Waals surface area (Å²) in [4.78, 5) is 21.2. The number of carboxylic acid groups (broad SMARTS) is 1. The molecular weight excluding hydrogens is 148 g/mol. The fourth-order valence-corrected chi connectivity index (χ4v) is 1.11. The number of carboxylic acids is 1. The highest BCUT2D eigenvalue weighted by Gasteiger charge is 2.52. The third-order valence-electron chi connectivity index (χ3n) is 1.96. The Morgan fingerprint density at radius 3 is 2.36 bits per heavy atom. The van der Waals surface area contributed by atoms with E-state index in [0.717, 1.165) is 0 Å². The predicted molar refractivity (Wildman–Crippen MR) is 35.9 cm³/mol. The van der Waals surface area contributed by atoms with Gasteiger partial charge in [-0.1, -0.05) is 0 Å². The maximum absolute atomic E-state index is 10.9. The molecule has 0 spiro atoms. The molecular formula is C7H10O4. The summed E-state index contributed by atoms with van der Waals surface area (Å²) in [6.45, 7) is 0. The second kappa shape index (κ2) is 2.53. The Morgan fingerprint density at radius 2 is 2.09 bits per heavy atom. The number of aliphatic carboxylic acids is 1. The van der Waals surface area contributed by atoms with Gasteiger partial charge in [-0.25, -0.2) is 0 Å². The highest BCUT2D eigenvalue weighted by molar-refractivity contribution is 5.85. The molecule has 1 fully saturated rings. The van der Waals surface area contributed by atoms with Crippen LogP contribution in [0.25, 0.3) is 0 Å². The second-order valence-electron chi connectivity index (χ2n) is 2.84. The van der Waals surface area contributed by atoms with Crippen LogP contribution in [-0.2, 0) is 14.3 Å². The van der Waals surface area contributed by atoms with Crippen molar-refractivity contribution in [2.45, 2.75) is 19.3 Å². The zero-order valence-electron chi connectivity index (χ0n) is 6.29. The van der Waals surface area contributed by atoms with Crippen LogP contribution in [-0.4, -0.2) is 24.2 Å². The Bertz CT molecular complexity index is 193. The number of carbonyl (C=O) groups is 2. The van der Waals surface area contributed by atoms with E-state index in [1.54, 1.807) is 0 Å². The summed E-state index contributed by atoms with van der Waals surface area (Å²) < 4.78 is 4.48. The van der Waals surface area contributed by atoms with Gasteiger partial charge >= 0.3 is 11.9 Å². The molecule has 11 heavy (non-hydrogen) atoms. The van der Waals surface area contributed by atoms with Crippen molar-refractivity contribution in [2.24, 2.45) is 5.41 Å². The van der Waals surface area contributed by atoms with Crippen molar-refractivity contribution in [2.75, 3.05) is 7.11 Å². The minimum Gasteiger partial charge on any atom is -0.481 e. The number of carbonyl (C=O) groups excluding carboxylic acids is 1. The first kappa shape index (κ1) is 8.04. The summed E-state index contributed by atoms with van der Waals surface area (Å²) in [5.41, 5.74) is -0.680. The third-order valence-corrected chi connectivity index (χ3v) is 1.96. The third kappa shape index (κ3) is 1.50. The van der Waals surface area contributed by atoms with Gasteiger partial charge in [-0.2, -0.15) is 0 Å². The molecule has 0 aromatic heterocycles. The van der Waals surface area contributed by atoms with E-state index in [1.165, 1.54) is 7.11 Å². The smallest absolute Gasteiger partial charge is 0.312 e. The number of hydrogen-bond acceptors (Lipinski definition) is 3. The molecule has 1 saturated carbocycles. The maximum Gasteiger partial charge on any atom is 0.312 e. The summed E-state index contributed by atoms with van der Waals surface area (Å²) in [5.74, 6) is -1.33. The lowest BCUT2D eigenvalue weighted by Gasteiger charge is -2.07. The molecule has 0 aromatic rings. The van der Waals surface area contributed by atoms with Crippen molar-refractivity contribution in [1.82, 2.24) is 0 Å². The molecule has 1 aliphatic carbocycles. The fraction of sp³-hybridized carbons (Fsp3) is 0.714. The molecule has 1 N–H and O–H groups in total. The molecule has 0 heterocycles. The lowest BCUT2D eigenvalue weighted by molar-refractivity contribution is -0.152. The van der Waals surface area contributed by atoms with Crippen molar-refractivity contribution in [3.63, 3.8) is 0 Å². The van der Waals surface area contributed by atoms with Crippen LogP contribution >= 0.6 is 0 Å². The molecule has 0 aromatic carbocycles. The van der Waals surface area contributed by atoms with Gasteiger partial charge in [0.1, 0.15) is 0 Å². The van der Waals surface area contributed by atoms with E-state index in [-0.39, 0.29) is 12.4 Å². The minimum atomic E-state index is -0.937. The van der Waals surface area contributed by atoms with Gasteiger partial charge in [-0.15, -0.1) is 0 Å². The van der Waals surface area contributed by atoms with Crippen LogP contribution in [0.3, 0.4) is 0 Å². The SMILES string of the molecule is COC(=O)C1(CC(=O)O)CC1. The van der Waals surface area contributed by atoms with Crippen molar-refractivity contribution in [3.05, 3.63) is 0 Å². The van der Waals surface area contributed by atoms with Crippen molar-refractivity contribution in [3.8, 4) is 0 Å². The summed E-state index contributed by atoms with van der Waals surface area (Å²) in [6, 6.07) is 0. The topological polar surface area (TPSA) is 63.6 Å². The average molecular weight is 158 g/mol. The van der Waals surface area contributed by atoms with Gasteiger partial charge in [0.25, 0.3) is 0 Å². The van der Waals surface area contributed by atoms with E-state index in [0.29, 0.717) is 12.8 Å². The zero-order valence-corrected chi connectivity index (χ0v) is 6.29. The lowest BCUT2D eigenvalue weighted by Crippen LogP contribution is -2.20. The summed E-state index contributed by atoms with van der Waals surface area (Å²) >= 11 is 0. The van der Waals surface area contributed by atoms with Crippen LogP contribution < -0.4 is 0 Å². The van der Waals surface area contributed by atoms with Crippen LogP contribution in [0.1, 0.15) is 19.3 Å². The van der Waals surface area contributed by atoms with E-state index in [9.17, 15) is 9.59 Å². The molecule has 0 amide bonds. The average Bonchev–Trinajstić information content (AvgIpc) is 2.67. The van der Waals surface area contributed by atoms with Crippen LogP contribution in [0.2, 0.25) is 0 Å². The number of esters is 1. The molecule has 62 valence electrons. The van der Waals surface area contributed by atoms with E-state index in [2.05, 4.69) is 4.74 Å². The van der Waals surface area contributed by atoms with Crippen LogP contribution in [0.4, 0.5) is 0 Å². The highest BCUT2D eigenvalue weighted by atomic mass is 16.5. The molecule has 4 heteroatoms. The van der Waals surface area contributed by atoms with Gasteiger partial charge in [0.05, 0.1) is 18.9 Å². The zero-order chi connectivity index (χ0) is 8.48. The summed E-state index contributed by atoms with van der Waals surface area (Å²) in [7, 11) is 1.28. The Hall–Kier alpha value is -1.06. The predicted octanol–water partition coefficient (Wildman–Crippen LogP) is 0.414. The van der Waals surface area contributed by atoms with Crippen molar-refractivity contribution >= 4 is 11.9 Å². The molecule has 1 aliphatic rings. The Morgan fingerprint density at radius 1 is 1.55 bits per heavy atom. The maximum atomic E-state index is 10.9. The van der Waals surface area contributed by atoms with E-state index in [4.69, 9.17) is 5.11 Å². The second-order valence-corrected chi connectivity index (χ2v) is 2.84. The van der Waals surface area contributed by atoms with Crippen molar-refractivity contribution in [1.29, 1.82) is 0 Å². The quantitative estimate of drug-likeness (QED) is 0.604. The summed E-state index contributed by atoms with van der Waals surface area (Å²) in [6.07, 6.45) is 1.19. The Kier molecular flexibility index (Phi) is 1.85. The summed E-state index contributed by atoms with van der Waals surface area (Å²) in [5, 5.41) is 8.43. The Labute approximate surface area is 64.2 Å². The number of hydrogen-bond donors (Lipinski definition) is 1. The molecule has 4 nitrogen and oxygen atoms in total. The van der Waals surface area contributed by atoms with Crippen LogP contribution in [0, 0.1) is 5.41 Å². The Balaban J connectivity index is 2.53. The molecule has 0 bridgehead atoms. The van der Waals surface area contributed by atoms with E-state index < -0.39 is 11.4 Å². The van der Waals surface area contributed by atoms with Gasteiger partial charge in [-0.3, -0.25) is 9.59 Å². The van der Waals surface area contributed by atoms with Gasteiger partial charge in [-0.05, 0) is 12.8 Å². The van der Waals surface area contributed by atoms with E-state index in [1.807, 2.05) is 0 Å². The molecule has 0 atom stereocenters. The number of rotatable bonds is 3. The van der Waals surface area contributed by atoms with E-state index >= 15 is 0 Å². The standard InChI is InChI=1S/C7H10O4/c1-11-6(10)7(2-3-7)4-5(8)9/h2-4H2,1H3,(H,8,9). The fourth-order valence-electron chi connectivity index (χ4n) is 1.11. The molecule has 0 radical (unpaired) electrons. The van der Waals surface area contributed by atoms with Gasteiger partial charge in [0.2, 0.25) is 0 Å².